The van der Waals surface area contributed by atoms with Crippen LogP contribution in [0, 0.1) is 0 Å². The van der Waals surface area contributed by atoms with Crippen molar-refractivity contribution in [3.8, 4) is 5.75 Å². The largest absolute Gasteiger partial charge is 0.497 e. The van der Waals surface area contributed by atoms with E-state index in [0.717, 1.165) is 50.7 Å². The Morgan fingerprint density at radius 1 is 0.931 bits per heavy atom. The number of anilines is 3. The minimum absolute atomic E-state index is 0.571. The fourth-order valence-electron chi connectivity index (χ4n) is 3.47. The number of benzene rings is 2. The number of para-hydroxylation sites is 1. The summed E-state index contributed by atoms with van der Waals surface area (Å²) in [5.74, 6) is 2.32. The van der Waals surface area contributed by atoms with Crippen molar-refractivity contribution < 1.29 is 4.74 Å². The van der Waals surface area contributed by atoms with Gasteiger partial charge in [0.2, 0.25) is 5.95 Å². The highest BCUT2D eigenvalue weighted by atomic mass is 16.5. The van der Waals surface area contributed by atoms with Crippen LogP contribution in [-0.4, -0.2) is 55.0 Å². The molecular formula is C22H26N6O. The first-order chi connectivity index (χ1) is 14.3. The Kier molecular flexibility index (Phi) is 6.04. The lowest BCUT2D eigenvalue weighted by atomic mass is 10.1. The smallest absolute Gasteiger partial charge is 0.244 e. The van der Waals surface area contributed by atoms with E-state index < -0.39 is 0 Å². The fourth-order valence-corrected chi connectivity index (χ4v) is 3.47. The molecule has 0 bridgehead atoms. The number of methoxy groups -OCH3 is 1. The first-order valence-electron chi connectivity index (χ1n) is 9.93. The summed E-state index contributed by atoms with van der Waals surface area (Å²) < 4.78 is 5.19. The van der Waals surface area contributed by atoms with Crippen LogP contribution >= 0.6 is 0 Å². The maximum atomic E-state index is 5.19. The zero-order chi connectivity index (χ0) is 19.9. The Balaban J connectivity index is 1.29. The lowest BCUT2D eigenvalue weighted by molar-refractivity contribution is 0.414. The number of aromatic nitrogens is 3. The number of piperazine rings is 1. The van der Waals surface area contributed by atoms with Crippen molar-refractivity contribution in [1.82, 2.24) is 15.2 Å². The zero-order valence-corrected chi connectivity index (χ0v) is 16.7. The second-order valence-corrected chi connectivity index (χ2v) is 6.97. The molecule has 0 amide bonds. The standard InChI is InChI=1S/C22H26N6O/c1-29-20-9-7-18(8-10-20)11-12-23-22-25-21(17-24-26-22)28-15-13-27(14-16-28)19-5-3-2-4-6-19/h2-10,17H,11-16H2,1H3,(H,23,25,26). The summed E-state index contributed by atoms with van der Waals surface area (Å²) in [4.78, 5) is 9.32. The van der Waals surface area contributed by atoms with Gasteiger partial charge in [-0.05, 0) is 36.2 Å². The molecule has 0 saturated carbocycles. The van der Waals surface area contributed by atoms with Gasteiger partial charge in [-0.15, -0.1) is 5.10 Å². The number of ether oxygens (including phenoxy) is 1. The monoisotopic (exact) mass is 390 g/mol. The molecule has 1 aliphatic heterocycles. The van der Waals surface area contributed by atoms with E-state index in [2.05, 4.69) is 72.8 Å². The van der Waals surface area contributed by atoms with Crippen LogP contribution in [0.4, 0.5) is 17.5 Å². The van der Waals surface area contributed by atoms with Gasteiger partial charge in [0.1, 0.15) is 5.75 Å². The third-order valence-corrected chi connectivity index (χ3v) is 5.13. The van der Waals surface area contributed by atoms with Crippen LogP contribution < -0.4 is 19.9 Å². The van der Waals surface area contributed by atoms with Gasteiger partial charge >= 0.3 is 0 Å². The fraction of sp³-hybridized carbons (Fsp3) is 0.318. The number of nitrogens with zero attached hydrogens (tertiary/aromatic N) is 5. The van der Waals surface area contributed by atoms with Crippen LogP contribution in [0.15, 0.2) is 60.8 Å². The summed E-state index contributed by atoms with van der Waals surface area (Å²) in [5.41, 5.74) is 2.51. The van der Waals surface area contributed by atoms with E-state index in [1.54, 1.807) is 13.3 Å². The van der Waals surface area contributed by atoms with Crippen molar-refractivity contribution in [3.05, 3.63) is 66.4 Å². The highest BCUT2D eigenvalue weighted by Gasteiger charge is 2.19. The number of nitrogens with one attached hydrogen (secondary N) is 1. The Labute approximate surface area is 171 Å². The first-order valence-corrected chi connectivity index (χ1v) is 9.93. The summed E-state index contributed by atoms with van der Waals surface area (Å²) in [5, 5.41) is 11.5. The quantitative estimate of drug-likeness (QED) is 0.665. The molecule has 3 aromatic rings. The van der Waals surface area contributed by atoms with Gasteiger partial charge in [-0.1, -0.05) is 30.3 Å². The molecule has 2 heterocycles. The van der Waals surface area contributed by atoms with Crippen molar-refractivity contribution in [1.29, 1.82) is 0 Å². The molecule has 0 radical (unpaired) electrons. The van der Waals surface area contributed by atoms with Gasteiger partial charge < -0.3 is 19.9 Å². The average Bonchev–Trinajstić information content (AvgIpc) is 2.80. The number of rotatable bonds is 7. The number of hydrogen-bond donors (Lipinski definition) is 1. The molecule has 1 fully saturated rings. The molecular weight excluding hydrogens is 364 g/mol. The molecule has 4 rings (SSSR count). The van der Waals surface area contributed by atoms with Gasteiger partial charge in [-0.25, -0.2) is 0 Å². The molecule has 1 aliphatic rings. The molecule has 29 heavy (non-hydrogen) atoms. The zero-order valence-electron chi connectivity index (χ0n) is 16.7. The van der Waals surface area contributed by atoms with Crippen LogP contribution in [-0.2, 0) is 6.42 Å². The first kappa shape index (κ1) is 19.0. The second kappa shape index (κ2) is 9.23. The minimum Gasteiger partial charge on any atom is -0.497 e. The van der Waals surface area contributed by atoms with E-state index in [9.17, 15) is 0 Å². The molecule has 1 saturated heterocycles. The van der Waals surface area contributed by atoms with Crippen LogP contribution in [0.3, 0.4) is 0 Å². The predicted molar refractivity (Wildman–Crippen MR) is 116 cm³/mol. The molecule has 7 nitrogen and oxygen atoms in total. The van der Waals surface area contributed by atoms with E-state index in [-0.39, 0.29) is 0 Å². The summed E-state index contributed by atoms with van der Waals surface area (Å²) >= 11 is 0. The maximum absolute atomic E-state index is 5.19. The van der Waals surface area contributed by atoms with Gasteiger partial charge in [0, 0.05) is 38.4 Å². The molecule has 2 aromatic carbocycles. The summed E-state index contributed by atoms with van der Waals surface area (Å²) in [6, 6.07) is 18.6. The Morgan fingerprint density at radius 2 is 1.66 bits per heavy atom. The van der Waals surface area contributed by atoms with E-state index in [4.69, 9.17) is 4.74 Å². The summed E-state index contributed by atoms with van der Waals surface area (Å²) in [6.07, 6.45) is 2.63. The third-order valence-electron chi connectivity index (χ3n) is 5.13. The van der Waals surface area contributed by atoms with Gasteiger partial charge in [-0.3, -0.25) is 0 Å². The Hall–Kier alpha value is -3.35. The molecule has 0 spiro atoms. The molecule has 0 aliphatic carbocycles. The van der Waals surface area contributed by atoms with Crippen LogP contribution in [0.25, 0.3) is 0 Å². The summed E-state index contributed by atoms with van der Waals surface area (Å²) in [6.45, 7) is 4.51. The van der Waals surface area contributed by atoms with Crippen molar-refractivity contribution in [2.24, 2.45) is 0 Å². The Morgan fingerprint density at radius 3 is 2.38 bits per heavy atom. The third kappa shape index (κ3) is 4.93. The SMILES string of the molecule is COc1ccc(CCNc2nncc(N3CCN(c4ccccc4)CC3)n2)cc1. The van der Waals surface area contributed by atoms with E-state index in [1.807, 2.05) is 12.1 Å². The minimum atomic E-state index is 0.571. The normalized spacial score (nSPS) is 14.0. The molecule has 1 aromatic heterocycles. The topological polar surface area (TPSA) is 66.4 Å². The highest BCUT2D eigenvalue weighted by Crippen LogP contribution is 2.19. The van der Waals surface area contributed by atoms with Crippen molar-refractivity contribution in [2.45, 2.75) is 6.42 Å². The molecule has 7 heteroatoms. The summed E-state index contributed by atoms with van der Waals surface area (Å²) in [7, 11) is 1.68. The van der Waals surface area contributed by atoms with Gasteiger partial charge in [0.25, 0.3) is 0 Å². The van der Waals surface area contributed by atoms with Gasteiger partial charge in [-0.2, -0.15) is 10.1 Å². The second-order valence-electron chi connectivity index (χ2n) is 6.97. The molecule has 150 valence electrons. The molecule has 0 atom stereocenters. The predicted octanol–water partition coefficient (Wildman–Crippen LogP) is 2.86. The number of hydrogen-bond acceptors (Lipinski definition) is 7. The van der Waals surface area contributed by atoms with Crippen LogP contribution in [0.2, 0.25) is 0 Å². The maximum Gasteiger partial charge on any atom is 0.244 e. The van der Waals surface area contributed by atoms with E-state index in [0.29, 0.717) is 5.95 Å². The lowest BCUT2D eigenvalue weighted by Crippen LogP contribution is -2.46. The van der Waals surface area contributed by atoms with Gasteiger partial charge in [0.05, 0.1) is 13.3 Å². The van der Waals surface area contributed by atoms with Gasteiger partial charge in [0.15, 0.2) is 5.82 Å². The molecule has 1 N–H and O–H groups in total. The van der Waals surface area contributed by atoms with E-state index in [1.165, 1.54) is 11.3 Å². The lowest BCUT2D eigenvalue weighted by Gasteiger charge is -2.36. The highest BCUT2D eigenvalue weighted by molar-refractivity contribution is 5.49. The van der Waals surface area contributed by atoms with Crippen LogP contribution in [0.1, 0.15) is 5.56 Å². The van der Waals surface area contributed by atoms with Crippen LogP contribution in [0.5, 0.6) is 5.75 Å². The van der Waals surface area contributed by atoms with Crippen molar-refractivity contribution >= 4 is 17.5 Å². The van der Waals surface area contributed by atoms with Crippen molar-refractivity contribution in [2.75, 3.05) is 55.0 Å². The molecule has 0 unspecified atom stereocenters. The average molecular weight is 390 g/mol. The van der Waals surface area contributed by atoms with E-state index >= 15 is 0 Å². The Bertz CT molecular complexity index is 895. The van der Waals surface area contributed by atoms with Crippen molar-refractivity contribution in [3.63, 3.8) is 0 Å².